The standard InChI is InChI=1S/C12H22N2O5S/c1-20-7-5-3-2-4-6-13-12(18)14-10(15)8-19-9-11(16)17/h2-9H2,1H3,(H,16,17)(H2,13,14,15,18). The smallest absolute Gasteiger partial charge is 0.329 e. The van der Waals surface area contributed by atoms with E-state index in [1.807, 2.05) is 11.8 Å². The molecule has 0 heterocycles. The van der Waals surface area contributed by atoms with Crippen LogP contribution in [0.3, 0.4) is 0 Å². The minimum Gasteiger partial charge on any atom is -0.480 e. The molecule has 0 aliphatic carbocycles. The van der Waals surface area contributed by atoms with Crippen molar-refractivity contribution in [2.75, 3.05) is 31.8 Å². The number of carbonyl (C=O) groups is 3. The molecular formula is C12H22N2O5S. The maximum absolute atomic E-state index is 11.3. The van der Waals surface area contributed by atoms with E-state index in [9.17, 15) is 14.4 Å². The van der Waals surface area contributed by atoms with Crippen LogP contribution in [0.2, 0.25) is 0 Å². The molecule has 0 aliphatic heterocycles. The first-order valence-electron chi connectivity index (χ1n) is 6.42. The average Bonchev–Trinajstić information content (AvgIpc) is 2.37. The van der Waals surface area contributed by atoms with Crippen LogP contribution in [0.25, 0.3) is 0 Å². The quantitative estimate of drug-likeness (QED) is 0.489. The Balaban J connectivity index is 3.43. The van der Waals surface area contributed by atoms with Crippen LogP contribution in [0.15, 0.2) is 0 Å². The topological polar surface area (TPSA) is 105 Å². The Morgan fingerprint density at radius 2 is 1.80 bits per heavy atom. The Morgan fingerprint density at radius 3 is 2.45 bits per heavy atom. The van der Waals surface area contributed by atoms with E-state index in [0.29, 0.717) is 6.54 Å². The van der Waals surface area contributed by atoms with Crippen LogP contribution in [-0.2, 0) is 14.3 Å². The molecule has 0 aromatic carbocycles. The number of ether oxygens (including phenoxy) is 1. The van der Waals surface area contributed by atoms with Gasteiger partial charge in [-0.25, -0.2) is 9.59 Å². The summed E-state index contributed by atoms with van der Waals surface area (Å²) in [7, 11) is 0. The molecule has 8 heteroatoms. The van der Waals surface area contributed by atoms with E-state index in [2.05, 4.69) is 21.6 Å². The number of unbranched alkanes of at least 4 members (excludes halogenated alkanes) is 3. The van der Waals surface area contributed by atoms with E-state index in [1.54, 1.807) is 0 Å². The second-order valence-electron chi connectivity index (χ2n) is 4.10. The zero-order valence-corrected chi connectivity index (χ0v) is 12.5. The minimum atomic E-state index is -1.16. The summed E-state index contributed by atoms with van der Waals surface area (Å²) in [5.41, 5.74) is 0. The highest BCUT2D eigenvalue weighted by atomic mass is 32.2. The number of hydrogen-bond donors (Lipinski definition) is 3. The third kappa shape index (κ3) is 13.2. The van der Waals surface area contributed by atoms with Gasteiger partial charge in [0.15, 0.2) is 0 Å². The highest BCUT2D eigenvalue weighted by Crippen LogP contribution is 2.03. The summed E-state index contributed by atoms with van der Waals surface area (Å²) in [6, 6.07) is -0.585. The Hall–Kier alpha value is -1.28. The zero-order valence-electron chi connectivity index (χ0n) is 11.6. The second kappa shape index (κ2) is 12.7. The maximum Gasteiger partial charge on any atom is 0.329 e. The lowest BCUT2D eigenvalue weighted by Gasteiger charge is -2.06. The molecule has 0 bridgehead atoms. The van der Waals surface area contributed by atoms with Crippen LogP contribution >= 0.6 is 11.8 Å². The van der Waals surface area contributed by atoms with Crippen molar-refractivity contribution in [3.8, 4) is 0 Å². The van der Waals surface area contributed by atoms with Gasteiger partial charge in [-0.2, -0.15) is 11.8 Å². The van der Waals surface area contributed by atoms with Crippen LogP contribution in [0.4, 0.5) is 4.79 Å². The summed E-state index contributed by atoms with van der Waals surface area (Å²) >= 11 is 1.82. The van der Waals surface area contributed by atoms with Gasteiger partial charge in [-0.15, -0.1) is 0 Å². The molecule has 3 amide bonds. The Morgan fingerprint density at radius 1 is 1.10 bits per heavy atom. The first-order chi connectivity index (χ1) is 9.56. The summed E-state index contributed by atoms with van der Waals surface area (Å²) in [5.74, 6) is -0.675. The molecule has 0 spiro atoms. The van der Waals surface area contributed by atoms with Crippen molar-refractivity contribution in [1.82, 2.24) is 10.6 Å². The van der Waals surface area contributed by atoms with Gasteiger partial charge in [0.1, 0.15) is 13.2 Å². The third-order valence-corrected chi connectivity index (χ3v) is 2.97. The van der Waals surface area contributed by atoms with E-state index in [-0.39, 0.29) is 0 Å². The largest absolute Gasteiger partial charge is 0.480 e. The van der Waals surface area contributed by atoms with Gasteiger partial charge in [0, 0.05) is 6.54 Å². The van der Waals surface area contributed by atoms with Gasteiger partial charge in [-0.3, -0.25) is 10.1 Å². The molecule has 0 atom stereocenters. The Bertz CT molecular complexity index is 312. The first-order valence-corrected chi connectivity index (χ1v) is 7.81. The molecule has 7 nitrogen and oxygen atoms in total. The molecule has 0 radical (unpaired) electrons. The number of urea groups is 1. The van der Waals surface area contributed by atoms with Crippen molar-refractivity contribution in [2.24, 2.45) is 0 Å². The van der Waals surface area contributed by atoms with Gasteiger partial charge >= 0.3 is 12.0 Å². The number of amides is 3. The number of carboxylic acids is 1. The van der Waals surface area contributed by atoms with Gasteiger partial charge < -0.3 is 15.2 Å². The molecule has 0 rings (SSSR count). The molecule has 0 saturated heterocycles. The Kier molecular flexibility index (Phi) is 11.9. The number of carbonyl (C=O) groups excluding carboxylic acids is 2. The van der Waals surface area contributed by atoms with E-state index in [0.717, 1.165) is 25.0 Å². The normalized spacial score (nSPS) is 10.1. The number of imide groups is 1. The number of thioether (sulfide) groups is 1. The monoisotopic (exact) mass is 306 g/mol. The predicted octanol–water partition coefficient (Wildman–Crippen LogP) is 0.837. The van der Waals surface area contributed by atoms with E-state index >= 15 is 0 Å². The third-order valence-electron chi connectivity index (χ3n) is 2.27. The molecule has 116 valence electrons. The summed E-state index contributed by atoms with van der Waals surface area (Å²) in [5, 5.41) is 12.9. The van der Waals surface area contributed by atoms with Crippen molar-refractivity contribution < 1.29 is 24.2 Å². The van der Waals surface area contributed by atoms with E-state index in [1.165, 1.54) is 6.42 Å². The van der Waals surface area contributed by atoms with Crippen molar-refractivity contribution in [3.05, 3.63) is 0 Å². The van der Waals surface area contributed by atoms with Gasteiger partial charge in [0.25, 0.3) is 5.91 Å². The summed E-state index contributed by atoms with van der Waals surface area (Å²) in [6.45, 7) is -0.506. The maximum atomic E-state index is 11.3. The number of carboxylic acid groups (broad SMARTS) is 1. The number of nitrogens with one attached hydrogen (secondary N) is 2. The van der Waals surface area contributed by atoms with Crippen LogP contribution < -0.4 is 10.6 Å². The van der Waals surface area contributed by atoms with Crippen molar-refractivity contribution in [1.29, 1.82) is 0 Å². The lowest BCUT2D eigenvalue weighted by Crippen LogP contribution is -2.41. The fourth-order valence-electron chi connectivity index (χ4n) is 1.36. The van der Waals surface area contributed by atoms with Crippen LogP contribution in [0, 0.1) is 0 Å². The summed E-state index contributed by atoms with van der Waals surface area (Å²) in [4.78, 5) is 32.6. The van der Waals surface area contributed by atoms with Gasteiger partial charge in [0.05, 0.1) is 0 Å². The second-order valence-corrected chi connectivity index (χ2v) is 5.08. The van der Waals surface area contributed by atoms with Crippen LogP contribution in [0.5, 0.6) is 0 Å². The molecule has 0 saturated carbocycles. The lowest BCUT2D eigenvalue weighted by molar-refractivity contribution is -0.143. The molecular weight excluding hydrogens is 284 g/mol. The minimum absolute atomic E-state index is 0.450. The fraction of sp³-hybridized carbons (Fsp3) is 0.750. The predicted molar refractivity (Wildman–Crippen MR) is 76.8 cm³/mol. The highest BCUT2D eigenvalue weighted by molar-refractivity contribution is 7.98. The molecule has 0 aromatic heterocycles. The van der Waals surface area contributed by atoms with E-state index in [4.69, 9.17) is 5.11 Å². The van der Waals surface area contributed by atoms with Gasteiger partial charge in [-0.1, -0.05) is 12.8 Å². The van der Waals surface area contributed by atoms with Crippen LogP contribution in [0.1, 0.15) is 25.7 Å². The highest BCUT2D eigenvalue weighted by Gasteiger charge is 2.07. The first kappa shape index (κ1) is 18.7. The van der Waals surface area contributed by atoms with Crippen molar-refractivity contribution >= 4 is 29.7 Å². The van der Waals surface area contributed by atoms with Crippen molar-refractivity contribution in [3.63, 3.8) is 0 Å². The average molecular weight is 306 g/mol. The fourth-order valence-corrected chi connectivity index (χ4v) is 1.86. The van der Waals surface area contributed by atoms with Gasteiger partial charge in [0.2, 0.25) is 0 Å². The Labute approximate surface area is 122 Å². The number of hydrogen-bond acceptors (Lipinski definition) is 5. The number of rotatable bonds is 11. The molecule has 0 fully saturated rings. The summed E-state index contributed by atoms with van der Waals surface area (Å²) in [6.07, 6.45) is 6.28. The molecule has 0 aliphatic rings. The lowest BCUT2D eigenvalue weighted by atomic mass is 10.2. The zero-order chi connectivity index (χ0) is 15.2. The van der Waals surface area contributed by atoms with Crippen molar-refractivity contribution in [2.45, 2.75) is 25.7 Å². The molecule has 3 N–H and O–H groups in total. The summed E-state index contributed by atoms with van der Waals surface area (Å²) < 4.78 is 4.54. The number of aliphatic carboxylic acids is 1. The van der Waals surface area contributed by atoms with Crippen LogP contribution in [-0.4, -0.2) is 54.8 Å². The van der Waals surface area contributed by atoms with Gasteiger partial charge in [-0.05, 0) is 24.9 Å². The molecule has 0 unspecified atom stereocenters. The van der Waals surface area contributed by atoms with E-state index < -0.39 is 31.1 Å². The SMILES string of the molecule is CSCCCCCCNC(=O)NC(=O)COCC(=O)O. The molecule has 0 aromatic rings. The molecule has 20 heavy (non-hydrogen) atoms.